The number of hydrogen-bond acceptors (Lipinski definition) is 5. The molecule has 0 spiro atoms. The molecule has 1 fully saturated rings. The SMILES string of the molecule is COc1cc(N2CCCS2(=O)=O)ccc1NC(=O)C(=O)NCC[NH+](C)C. The van der Waals surface area contributed by atoms with Crippen molar-refractivity contribution in [3.8, 4) is 5.75 Å². The highest BCUT2D eigenvalue weighted by Crippen LogP contribution is 2.32. The Labute approximate surface area is 153 Å². The molecule has 10 heteroatoms. The minimum atomic E-state index is -3.31. The first kappa shape index (κ1) is 20.0. The van der Waals surface area contributed by atoms with E-state index in [0.29, 0.717) is 37.4 Å². The lowest BCUT2D eigenvalue weighted by Crippen LogP contribution is -3.06. The molecule has 2 rings (SSSR count). The van der Waals surface area contributed by atoms with E-state index in [2.05, 4.69) is 10.6 Å². The predicted molar refractivity (Wildman–Crippen MR) is 98.1 cm³/mol. The van der Waals surface area contributed by atoms with Gasteiger partial charge in [0.25, 0.3) is 0 Å². The summed E-state index contributed by atoms with van der Waals surface area (Å²) >= 11 is 0. The van der Waals surface area contributed by atoms with Gasteiger partial charge in [-0.2, -0.15) is 0 Å². The van der Waals surface area contributed by atoms with Gasteiger partial charge >= 0.3 is 11.8 Å². The maximum absolute atomic E-state index is 12.0. The third-order valence-corrected chi connectivity index (χ3v) is 5.81. The van der Waals surface area contributed by atoms with Gasteiger partial charge < -0.3 is 20.3 Å². The number of nitrogens with one attached hydrogen (secondary N) is 3. The second kappa shape index (κ2) is 8.37. The molecule has 0 atom stereocenters. The van der Waals surface area contributed by atoms with Crippen LogP contribution in [0.5, 0.6) is 5.75 Å². The molecule has 0 aromatic heterocycles. The minimum Gasteiger partial charge on any atom is -0.494 e. The van der Waals surface area contributed by atoms with Gasteiger partial charge in [0.1, 0.15) is 5.75 Å². The highest BCUT2D eigenvalue weighted by atomic mass is 32.2. The van der Waals surface area contributed by atoms with Crippen LogP contribution in [-0.4, -0.2) is 66.8 Å². The lowest BCUT2D eigenvalue weighted by molar-refractivity contribution is -0.856. The number of sulfonamides is 1. The molecule has 1 aliphatic rings. The highest BCUT2D eigenvalue weighted by molar-refractivity contribution is 7.93. The quantitative estimate of drug-likeness (QED) is 0.513. The van der Waals surface area contributed by atoms with Crippen molar-refractivity contribution in [2.45, 2.75) is 6.42 Å². The van der Waals surface area contributed by atoms with Crippen molar-refractivity contribution >= 4 is 33.2 Å². The van der Waals surface area contributed by atoms with Crippen molar-refractivity contribution in [2.75, 3.05) is 56.2 Å². The van der Waals surface area contributed by atoms with Crippen molar-refractivity contribution < 1.29 is 27.6 Å². The second-order valence-electron chi connectivity index (χ2n) is 6.29. The van der Waals surface area contributed by atoms with Crippen LogP contribution in [0.15, 0.2) is 18.2 Å². The van der Waals surface area contributed by atoms with E-state index in [1.807, 2.05) is 14.1 Å². The standard InChI is InChI=1S/C16H24N4O5S/c1-19(2)9-7-17-15(21)16(22)18-13-6-5-12(11-14(13)25-3)20-8-4-10-26(20,23)24/h5-6,11H,4,7-10H2,1-3H3,(H,17,21)(H,18,22)/p+1. The Morgan fingerprint density at radius 2 is 2.00 bits per heavy atom. The monoisotopic (exact) mass is 385 g/mol. The number of amides is 2. The average molecular weight is 385 g/mol. The zero-order valence-electron chi connectivity index (χ0n) is 15.2. The molecule has 0 bridgehead atoms. The molecular weight excluding hydrogens is 360 g/mol. The fourth-order valence-corrected chi connectivity index (χ4v) is 4.11. The summed E-state index contributed by atoms with van der Waals surface area (Å²) in [5.74, 6) is -1.15. The van der Waals surface area contributed by atoms with Crippen LogP contribution in [0.4, 0.5) is 11.4 Å². The van der Waals surface area contributed by atoms with Gasteiger partial charge in [0.15, 0.2) is 0 Å². The van der Waals surface area contributed by atoms with E-state index in [-0.39, 0.29) is 11.5 Å². The van der Waals surface area contributed by atoms with Gasteiger partial charge in [0.2, 0.25) is 10.0 Å². The fraction of sp³-hybridized carbons (Fsp3) is 0.500. The molecule has 0 saturated carbocycles. The molecule has 1 aliphatic heterocycles. The molecule has 1 aromatic carbocycles. The Balaban J connectivity index is 2.08. The first-order valence-electron chi connectivity index (χ1n) is 8.31. The van der Waals surface area contributed by atoms with E-state index < -0.39 is 21.8 Å². The van der Waals surface area contributed by atoms with Crippen molar-refractivity contribution in [1.29, 1.82) is 0 Å². The third-order valence-electron chi connectivity index (χ3n) is 3.94. The van der Waals surface area contributed by atoms with Gasteiger partial charge in [0, 0.05) is 12.6 Å². The molecule has 26 heavy (non-hydrogen) atoms. The van der Waals surface area contributed by atoms with Gasteiger partial charge in [-0.25, -0.2) is 8.42 Å². The number of carbonyl (C=O) groups is 2. The lowest BCUT2D eigenvalue weighted by Gasteiger charge is -2.19. The Morgan fingerprint density at radius 3 is 2.58 bits per heavy atom. The molecule has 144 valence electrons. The smallest absolute Gasteiger partial charge is 0.313 e. The van der Waals surface area contributed by atoms with Crippen molar-refractivity contribution in [2.24, 2.45) is 0 Å². The lowest BCUT2D eigenvalue weighted by atomic mass is 10.2. The third kappa shape index (κ3) is 4.85. The van der Waals surface area contributed by atoms with Gasteiger partial charge in [-0.15, -0.1) is 0 Å². The van der Waals surface area contributed by atoms with E-state index in [1.54, 1.807) is 6.07 Å². The Bertz CT molecular complexity index is 779. The maximum atomic E-state index is 12.0. The second-order valence-corrected chi connectivity index (χ2v) is 8.31. The van der Waals surface area contributed by atoms with Gasteiger partial charge in [-0.3, -0.25) is 13.9 Å². The van der Waals surface area contributed by atoms with E-state index in [1.165, 1.54) is 23.5 Å². The number of anilines is 2. The first-order valence-corrected chi connectivity index (χ1v) is 9.92. The van der Waals surface area contributed by atoms with Crippen LogP contribution in [0.3, 0.4) is 0 Å². The molecule has 1 saturated heterocycles. The van der Waals surface area contributed by atoms with Crippen LogP contribution in [0.1, 0.15) is 6.42 Å². The van der Waals surface area contributed by atoms with Crippen LogP contribution in [0.2, 0.25) is 0 Å². The summed E-state index contributed by atoms with van der Waals surface area (Å²) in [6, 6.07) is 4.64. The molecular formula is C16H25N4O5S+. The predicted octanol–water partition coefficient (Wildman–Crippen LogP) is -1.57. The van der Waals surface area contributed by atoms with Crippen molar-refractivity contribution in [3.63, 3.8) is 0 Å². The molecule has 0 aliphatic carbocycles. The topological polar surface area (TPSA) is 109 Å². The van der Waals surface area contributed by atoms with Crippen LogP contribution < -0.4 is 24.6 Å². The number of rotatable bonds is 6. The fourth-order valence-electron chi connectivity index (χ4n) is 2.55. The normalized spacial score (nSPS) is 15.8. The molecule has 9 nitrogen and oxygen atoms in total. The number of carbonyl (C=O) groups excluding carboxylic acids is 2. The highest BCUT2D eigenvalue weighted by Gasteiger charge is 2.29. The first-order chi connectivity index (χ1) is 12.2. The molecule has 2 amide bonds. The molecule has 0 radical (unpaired) electrons. The van der Waals surface area contributed by atoms with Crippen LogP contribution in [-0.2, 0) is 19.6 Å². The largest absolute Gasteiger partial charge is 0.494 e. The maximum Gasteiger partial charge on any atom is 0.313 e. The van der Waals surface area contributed by atoms with E-state index in [0.717, 1.165) is 4.90 Å². The summed E-state index contributed by atoms with van der Waals surface area (Å²) < 4.78 is 30.6. The van der Waals surface area contributed by atoms with Crippen molar-refractivity contribution in [3.05, 3.63) is 18.2 Å². The van der Waals surface area contributed by atoms with E-state index >= 15 is 0 Å². The van der Waals surface area contributed by atoms with Gasteiger partial charge in [-0.05, 0) is 18.6 Å². The summed E-state index contributed by atoms with van der Waals surface area (Å²) in [7, 11) is 1.99. The molecule has 0 unspecified atom stereocenters. The van der Waals surface area contributed by atoms with Crippen LogP contribution in [0, 0.1) is 0 Å². The number of likely N-dealkylation sites (N-methyl/N-ethyl adjacent to an activating group) is 1. The zero-order valence-corrected chi connectivity index (χ0v) is 16.0. The number of hydrogen-bond donors (Lipinski definition) is 3. The molecule has 3 N–H and O–H groups in total. The summed E-state index contributed by atoms with van der Waals surface area (Å²) in [5.41, 5.74) is 0.766. The minimum absolute atomic E-state index is 0.114. The van der Waals surface area contributed by atoms with Crippen LogP contribution in [0.25, 0.3) is 0 Å². The number of benzene rings is 1. The summed E-state index contributed by atoms with van der Waals surface area (Å²) in [5, 5.41) is 5.03. The van der Waals surface area contributed by atoms with E-state index in [9.17, 15) is 18.0 Å². The molecule has 1 aromatic rings. The summed E-state index contributed by atoms with van der Waals surface area (Å²) in [4.78, 5) is 25.0. The number of quaternary nitrogens is 1. The van der Waals surface area contributed by atoms with Crippen molar-refractivity contribution in [1.82, 2.24) is 5.32 Å². The molecule has 1 heterocycles. The Hall–Kier alpha value is -2.33. The zero-order chi connectivity index (χ0) is 19.3. The Kier molecular flexibility index (Phi) is 6.43. The summed E-state index contributed by atoms with van der Waals surface area (Å²) in [6.45, 7) is 1.49. The number of methoxy groups -OCH3 is 1. The van der Waals surface area contributed by atoms with Crippen LogP contribution >= 0.6 is 0 Å². The van der Waals surface area contributed by atoms with Gasteiger partial charge in [0.05, 0.1) is 51.4 Å². The average Bonchev–Trinajstić information content (AvgIpc) is 2.94. The van der Waals surface area contributed by atoms with E-state index in [4.69, 9.17) is 4.74 Å². The van der Waals surface area contributed by atoms with Gasteiger partial charge in [-0.1, -0.05) is 0 Å². The Morgan fingerprint density at radius 1 is 1.27 bits per heavy atom. The number of ether oxygens (including phenoxy) is 1. The summed E-state index contributed by atoms with van der Waals surface area (Å²) in [6.07, 6.45) is 0.567. The number of nitrogens with zero attached hydrogens (tertiary/aromatic N) is 1.